The van der Waals surface area contributed by atoms with E-state index in [0.29, 0.717) is 16.9 Å². The molecule has 0 spiro atoms. The molecule has 0 aliphatic heterocycles. The maximum atomic E-state index is 13.2. The number of rotatable bonds is 3. The summed E-state index contributed by atoms with van der Waals surface area (Å²) in [6, 6.07) is 14.6. The number of carbonyl (C=O) groups is 1. The van der Waals surface area contributed by atoms with E-state index in [2.05, 4.69) is 26.4 Å². The Morgan fingerprint density at radius 1 is 1.14 bits per heavy atom. The lowest BCUT2D eigenvalue weighted by atomic mass is 10.1. The molecule has 110 valence electrons. The van der Waals surface area contributed by atoms with Crippen LogP contribution in [0.1, 0.15) is 10.6 Å². The van der Waals surface area contributed by atoms with Crippen LogP contribution in [-0.2, 0) is 0 Å². The van der Waals surface area contributed by atoms with Gasteiger partial charge in [0.2, 0.25) is 5.76 Å². The van der Waals surface area contributed by atoms with Gasteiger partial charge in [0.1, 0.15) is 11.5 Å². The van der Waals surface area contributed by atoms with E-state index in [-0.39, 0.29) is 11.6 Å². The molecule has 1 amide bonds. The summed E-state index contributed by atoms with van der Waals surface area (Å²) in [7, 11) is 0. The predicted octanol–water partition coefficient (Wildman–Crippen LogP) is 4.50. The van der Waals surface area contributed by atoms with Gasteiger partial charge in [-0.1, -0.05) is 39.3 Å². The van der Waals surface area contributed by atoms with Crippen molar-refractivity contribution in [3.63, 3.8) is 0 Å². The van der Waals surface area contributed by atoms with Crippen LogP contribution in [0.5, 0.6) is 0 Å². The van der Waals surface area contributed by atoms with Gasteiger partial charge in [-0.2, -0.15) is 0 Å². The van der Waals surface area contributed by atoms with Crippen molar-refractivity contribution in [3.05, 3.63) is 70.6 Å². The molecule has 0 saturated carbocycles. The van der Waals surface area contributed by atoms with Crippen LogP contribution >= 0.6 is 15.9 Å². The van der Waals surface area contributed by atoms with Crippen LogP contribution in [0.25, 0.3) is 11.3 Å². The zero-order valence-corrected chi connectivity index (χ0v) is 12.8. The SMILES string of the molecule is O=C(Nc1cccc(Br)c1)c1cc(-c2cccc(F)c2)no1. The average molecular weight is 361 g/mol. The van der Waals surface area contributed by atoms with E-state index in [9.17, 15) is 9.18 Å². The number of aromatic nitrogens is 1. The van der Waals surface area contributed by atoms with Crippen LogP contribution in [0.15, 0.2) is 63.6 Å². The van der Waals surface area contributed by atoms with E-state index in [4.69, 9.17) is 4.52 Å². The van der Waals surface area contributed by atoms with Crippen molar-refractivity contribution < 1.29 is 13.7 Å². The average Bonchev–Trinajstić information content (AvgIpc) is 2.97. The van der Waals surface area contributed by atoms with Gasteiger partial charge < -0.3 is 9.84 Å². The van der Waals surface area contributed by atoms with E-state index in [1.54, 1.807) is 30.3 Å². The van der Waals surface area contributed by atoms with Gasteiger partial charge in [0.25, 0.3) is 5.91 Å². The molecule has 0 radical (unpaired) electrons. The van der Waals surface area contributed by atoms with Gasteiger partial charge in [-0.3, -0.25) is 4.79 Å². The number of hydrogen-bond donors (Lipinski definition) is 1. The summed E-state index contributed by atoms with van der Waals surface area (Å²) < 4.78 is 19.1. The van der Waals surface area contributed by atoms with Crippen LogP contribution < -0.4 is 5.32 Å². The van der Waals surface area contributed by atoms with Crippen molar-refractivity contribution >= 4 is 27.5 Å². The van der Waals surface area contributed by atoms with Gasteiger partial charge in [0.15, 0.2) is 0 Å². The molecule has 0 atom stereocenters. The zero-order valence-electron chi connectivity index (χ0n) is 11.2. The Bertz CT molecular complexity index is 832. The number of anilines is 1. The first-order valence-electron chi connectivity index (χ1n) is 6.41. The number of nitrogens with one attached hydrogen (secondary N) is 1. The Hall–Kier alpha value is -2.47. The van der Waals surface area contributed by atoms with Crippen molar-refractivity contribution in [2.45, 2.75) is 0 Å². The first-order valence-corrected chi connectivity index (χ1v) is 7.21. The second-order valence-electron chi connectivity index (χ2n) is 4.55. The van der Waals surface area contributed by atoms with Gasteiger partial charge in [0.05, 0.1) is 0 Å². The van der Waals surface area contributed by atoms with Gasteiger partial charge in [0, 0.05) is 21.8 Å². The number of halogens is 2. The van der Waals surface area contributed by atoms with Crippen molar-refractivity contribution in [1.29, 1.82) is 0 Å². The second kappa shape index (κ2) is 6.11. The highest BCUT2D eigenvalue weighted by atomic mass is 79.9. The number of nitrogens with zero attached hydrogens (tertiary/aromatic N) is 1. The summed E-state index contributed by atoms with van der Waals surface area (Å²) in [6.07, 6.45) is 0. The van der Waals surface area contributed by atoms with Crippen LogP contribution in [0.3, 0.4) is 0 Å². The Kier molecular flexibility index (Phi) is 4.02. The van der Waals surface area contributed by atoms with Crippen molar-refractivity contribution in [2.24, 2.45) is 0 Å². The molecular formula is C16H10BrFN2O2. The molecule has 1 aromatic heterocycles. The normalized spacial score (nSPS) is 10.5. The molecule has 0 fully saturated rings. The summed E-state index contributed by atoms with van der Waals surface area (Å²) in [5.41, 5.74) is 1.58. The van der Waals surface area contributed by atoms with E-state index in [0.717, 1.165) is 4.47 Å². The summed E-state index contributed by atoms with van der Waals surface area (Å²) in [5.74, 6) is -0.742. The molecule has 3 rings (SSSR count). The molecule has 3 aromatic rings. The minimum atomic E-state index is -0.423. The molecular weight excluding hydrogens is 351 g/mol. The third kappa shape index (κ3) is 3.23. The van der Waals surface area contributed by atoms with E-state index in [1.807, 2.05) is 6.07 Å². The largest absolute Gasteiger partial charge is 0.350 e. The molecule has 0 aliphatic carbocycles. The molecule has 6 heteroatoms. The maximum Gasteiger partial charge on any atom is 0.294 e. The van der Waals surface area contributed by atoms with Crippen LogP contribution in [0, 0.1) is 5.82 Å². The molecule has 1 heterocycles. The van der Waals surface area contributed by atoms with Gasteiger partial charge in [-0.15, -0.1) is 0 Å². The van der Waals surface area contributed by atoms with Gasteiger partial charge >= 0.3 is 0 Å². The van der Waals surface area contributed by atoms with E-state index >= 15 is 0 Å². The van der Waals surface area contributed by atoms with Gasteiger partial charge in [-0.05, 0) is 30.3 Å². The Morgan fingerprint density at radius 3 is 2.73 bits per heavy atom. The Labute approximate surface area is 134 Å². The number of amides is 1. The molecule has 0 saturated heterocycles. The standard InChI is InChI=1S/C16H10BrFN2O2/c17-11-4-2-6-13(8-11)19-16(21)15-9-14(20-22-15)10-3-1-5-12(18)7-10/h1-9H,(H,19,21). The summed E-state index contributed by atoms with van der Waals surface area (Å²) in [6.45, 7) is 0. The third-order valence-corrected chi connectivity index (χ3v) is 3.43. The number of carbonyl (C=O) groups excluding carboxylic acids is 1. The van der Waals surface area contributed by atoms with Crippen LogP contribution in [0.2, 0.25) is 0 Å². The number of hydrogen-bond acceptors (Lipinski definition) is 3. The lowest BCUT2D eigenvalue weighted by Crippen LogP contribution is -2.10. The minimum absolute atomic E-state index is 0.0548. The second-order valence-corrected chi connectivity index (χ2v) is 5.47. The van der Waals surface area contributed by atoms with Crippen LogP contribution in [-0.4, -0.2) is 11.1 Å². The van der Waals surface area contributed by atoms with Crippen molar-refractivity contribution in [2.75, 3.05) is 5.32 Å². The minimum Gasteiger partial charge on any atom is -0.350 e. The lowest BCUT2D eigenvalue weighted by molar-refractivity contribution is 0.0988. The predicted molar refractivity (Wildman–Crippen MR) is 84.0 cm³/mol. The smallest absolute Gasteiger partial charge is 0.294 e. The highest BCUT2D eigenvalue weighted by Crippen LogP contribution is 2.21. The van der Waals surface area contributed by atoms with Gasteiger partial charge in [-0.25, -0.2) is 4.39 Å². The molecule has 1 N–H and O–H groups in total. The first-order chi connectivity index (χ1) is 10.6. The highest BCUT2D eigenvalue weighted by Gasteiger charge is 2.14. The maximum absolute atomic E-state index is 13.2. The highest BCUT2D eigenvalue weighted by molar-refractivity contribution is 9.10. The molecule has 4 nitrogen and oxygen atoms in total. The third-order valence-electron chi connectivity index (χ3n) is 2.94. The topological polar surface area (TPSA) is 55.1 Å². The fourth-order valence-electron chi connectivity index (χ4n) is 1.93. The quantitative estimate of drug-likeness (QED) is 0.748. The van der Waals surface area contributed by atoms with Crippen LogP contribution in [0.4, 0.5) is 10.1 Å². The van der Waals surface area contributed by atoms with E-state index in [1.165, 1.54) is 18.2 Å². The fraction of sp³-hybridized carbons (Fsp3) is 0. The van der Waals surface area contributed by atoms with E-state index < -0.39 is 5.91 Å². The zero-order chi connectivity index (χ0) is 15.5. The summed E-state index contributed by atoms with van der Waals surface area (Å²) >= 11 is 3.33. The molecule has 2 aromatic carbocycles. The van der Waals surface area contributed by atoms with Crippen molar-refractivity contribution in [1.82, 2.24) is 5.16 Å². The van der Waals surface area contributed by atoms with Crippen molar-refractivity contribution in [3.8, 4) is 11.3 Å². The lowest BCUT2D eigenvalue weighted by Gasteiger charge is -2.02. The fourth-order valence-corrected chi connectivity index (χ4v) is 2.32. The summed E-state index contributed by atoms with van der Waals surface area (Å²) in [5, 5.41) is 6.49. The first kappa shape index (κ1) is 14.5. The monoisotopic (exact) mass is 360 g/mol. The molecule has 22 heavy (non-hydrogen) atoms. The molecule has 0 aliphatic rings. The number of benzene rings is 2. The molecule has 0 bridgehead atoms. The summed E-state index contributed by atoms with van der Waals surface area (Å²) in [4.78, 5) is 12.1. The molecule has 0 unspecified atom stereocenters. The Morgan fingerprint density at radius 2 is 1.95 bits per heavy atom. The Balaban J connectivity index is 1.80.